The highest BCUT2D eigenvalue weighted by Crippen LogP contribution is 2.65. The molecule has 0 bridgehead atoms. The topological polar surface area (TPSA) is 163 Å². The standard InChI is InChI=1S/C34H57N5O7/c1-17(2)23(30(44)46-33(8,9)10)37-31(45)38-26(32(5,6)7)29(43)39-16-20-22(34(20,11)12)24(39)27(41)36-21(15-19-13-14-19)25(40)28(42)35-18(3)4/h17-24,26H,13-16H2,1-12H3,(H,35,42)(H,36,41)(H2,37,38,45)/t20-,21?,22-,23-,24-,26+/m0/s1. The fourth-order valence-electron chi connectivity index (χ4n) is 6.47. The molecule has 1 saturated heterocycles. The molecule has 3 rings (SSSR count). The smallest absolute Gasteiger partial charge is 0.329 e. The predicted molar refractivity (Wildman–Crippen MR) is 173 cm³/mol. The lowest BCUT2D eigenvalue weighted by Gasteiger charge is -2.38. The van der Waals surface area contributed by atoms with E-state index in [0.717, 1.165) is 12.8 Å². The van der Waals surface area contributed by atoms with E-state index < -0.39 is 70.7 Å². The maximum absolute atomic E-state index is 14.3. The third-order valence-electron chi connectivity index (χ3n) is 9.31. The number of likely N-dealkylation sites (tertiary alicyclic amines) is 1. The number of nitrogens with zero attached hydrogens (tertiary/aromatic N) is 1. The molecular formula is C34H57N5O7. The largest absolute Gasteiger partial charge is 0.458 e. The monoisotopic (exact) mass is 647 g/mol. The lowest BCUT2D eigenvalue weighted by atomic mass is 9.85. The summed E-state index contributed by atoms with van der Waals surface area (Å²) < 4.78 is 5.50. The van der Waals surface area contributed by atoms with Crippen LogP contribution < -0.4 is 21.3 Å². The highest BCUT2D eigenvalue weighted by Gasteiger charge is 2.70. The maximum atomic E-state index is 14.3. The van der Waals surface area contributed by atoms with Gasteiger partial charge < -0.3 is 30.9 Å². The average molecular weight is 648 g/mol. The van der Waals surface area contributed by atoms with Crippen molar-refractivity contribution >= 4 is 35.5 Å². The summed E-state index contributed by atoms with van der Waals surface area (Å²) in [5.74, 6) is -2.98. The molecule has 1 unspecified atom stereocenters. The van der Waals surface area contributed by atoms with Gasteiger partial charge in [-0.1, -0.05) is 61.3 Å². The Bertz CT molecular complexity index is 1210. The molecule has 12 heteroatoms. The van der Waals surface area contributed by atoms with Crippen LogP contribution in [-0.4, -0.2) is 82.8 Å². The van der Waals surface area contributed by atoms with Gasteiger partial charge >= 0.3 is 12.0 Å². The fraction of sp³-hybridized carbons (Fsp3) is 0.824. The Labute approximate surface area is 274 Å². The maximum Gasteiger partial charge on any atom is 0.329 e. The molecule has 12 nitrogen and oxygen atoms in total. The summed E-state index contributed by atoms with van der Waals surface area (Å²) in [6.07, 6.45) is 2.24. The van der Waals surface area contributed by atoms with Crippen LogP contribution in [0.15, 0.2) is 0 Å². The van der Waals surface area contributed by atoms with E-state index in [-0.39, 0.29) is 35.1 Å². The minimum Gasteiger partial charge on any atom is -0.458 e. The van der Waals surface area contributed by atoms with E-state index in [2.05, 4.69) is 35.1 Å². The number of rotatable bonds is 12. The van der Waals surface area contributed by atoms with Gasteiger partial charge in [-0.2, -0.15) is 0 Å². The quantitative estimate of drug-likeness (QED) is 0.187. The summed E-state index contributed by atoms with van der Waals surface area (Å²) in [4.78, 5) is 81.7. The van der Waals surface area contributed by atoms with E-state index in [0.29, 0.717) is 13.0 Å². The highest BCUT2D eigenvalue weighted by atomic mass is 16.6. The molecular weight excluding hydrogens is 590 g/mol. The van der Waals surface area contributed by atoms with Gasteiger partial charge in [0.2, 0.25) is 17.6 Å². The van der Waals surface area contributed by atoms with Crippen molar-refractivity contribution in [3.05, 3.63) is 0 Å². The van der Waals surface area contributed by atoms with Crippen LogP contribution in [0.4, 0.5) is 4.79 Å². The fourth-order valence-corrected chi connectivity index (χ4v) is 6.47. The van der Waals surface area contributed by atoms with Crippen molar-refractivity contribution in [1.29, 1.82) is 0 Å². The Morgan fingerprint density at radius 3 is 1.93 bits per heavy atom. The Balaban J connectivity index is 1.82. The van der Waals surface area contributed by atoms with E-state index in [1.165, 1.54) is 4.90 Å². The van der Waals surface area contributed by atoms with Gasteiger partial charge in [0.15, 0.2) is 0 Å². The number of hydrogen-bond donors (Lipinski definition) is 4. The van der Waals surface area contributed by atoms with Crippen LogP contribution in [0.1, 0.15) is 102 Å². The summed E-state index contributed by atoms with van der Waals surface area (Å²) in [6, 6.07) is -4.76. The molecule has 4 N–H and O–H groups in total. The molecule has 0 spiro atoms. The molecule has 2 saturated carbocycles. The van der Waals surface area contributed by atoms with Crippen molar-refractivity contribution in [2.45, 2.75) is 138 Å². The summed E-state index contributed by atoms with van der Waals surface area (Å²) >= 11 is 0. The van der Waals surface area contributed by atoms with Crippen molar-refractivity contribution in [1.82, 2.24) is 26.2 Å². The molecule has 0 aromatic rings. The minimum atomic E-state index is -1.03. The number of amides is 5. The second kappa shape index (κ2) is 13.5. The van der Waals surface area contributed by atoms with Crippen molar-refractivity contribution in [3.63, 3.8) is 0 Å². The number of nitrogens with one attached hydrogen (secondary N) is 4. The van der Waals surface area contributed by atoms with Crippen molar-refractivity contribution in [2.24, 2.45) is 34.5 Å². The van der Waals surface area contributed by atoms with E-state index in [1.54, 1.807) is 48.5 Å². The van der Waals surface area contributed by atoms with E-state index in [4.69, 9.17) is 4.74 Å². The zero-order valence-electron chi connectivity index (χ0n) is 29.8. The molecule has 6 atom stereocenters. The summed E-state index contributed by atoms with van der Waals surface area (Å²) in [5.41, 5.74) is -1.69. The molecule has 1 aliphatic heterocycles. The number of carbonyl (C=O) groups excluding carboxylic acids is 6. The van der Waals surface area contributed by atoms with Crippen LogP contribution in [0.25, 0.3) is 0 Å². The van der Waals surface area contributed by atoms with Gasteiger partial charge in [0.1, 0.15) is 23.7 Å². The van der Waals surface area contributed by atoms with Gasteiger partial charge in [-0.3, -0.25) is 19.2 Å². The third kappa shape index (κ3) is 9.00. The second-order valence-corrected chi connectivity index (χ2v) is 16.8. The van der Waals surface area contributed by atoms with E-state index in [9.17, 15) is 28.8 Å². The number of piperidine rings is 1. The lowest BCUT2D eigenvalue weighted by Crippen LogP contribution is -2.62. The Morgan fingerprint density at radius 2 is 1.46 bits per heavy atom. The van der Waals surface area contributed by atoms with Crippen LogP contribution in [-0.2, 0) is 28.7 Å². The molecule has 0 aromatic heterocycles. The van der Waals surface area contributed by atoms with Gasteiger partial charge in [-0.25, -0.2) is 9.59 Å². The van der Waals surface area contributed by atoms with E-state index >= 15 is 0 Å². The summed E-state index contributed by atoms with van der Waals surface area (Å²) in [6.45, 7) is 22.2. The lowest BCUT2D eigenvalue weighted by molar-refractivity contribution is -0.158. The number of fused-ring (bicyclic) bond motifs is 1. The number of esters is 1. The van der Waals surface area contributed by atoms with Crippen LogP contribution in [0, 0.1) is 34.5 Å². The van der Waals surface area contributed by atoms with Gasteiger partial charge in [0.05, 0.1) is 6.04 Å². The predicted octanol–water partition coefficient (Wildman–Crippen LogP) is 2.93. The molecule has 5 amide bonds. The first kappa shape index (κ1) is 37.3. The second-order valence-electron chi connectivity index (χ2n) is 16.8. The van der Waals surface area contributed by atoms with E-state index in [1.807, 2.05) is 20.8 Å². The molecule has 0 radical (unpaired) electrons. The zero-order chi connectivity index (χ0) is 35.1. The van der Waals surface area contributed by atoms with Crippen molar-refractivity contribution in [3.8, 4) is 0 Å². The van der Waals surface area contributed by atoms with Crippen LogP contribution in [0.5, 0.6) is 0 Å². The Hall–Kier alpha value is -3.18. The molecule has 46 heavy (non-hydrogen) atoms. The number of carbonyl (C=O) groups is 6. The van der Waals surface area contributed by atoms with Crippen molar-refractivity contribution in [2.75, 3.05) is 6.54 Å². The zero-order valence-corrected chi connectivity index (χ0v) is 29.8. The summed E-state index contributed by atoms with van der Waals surface area (Å²) in [5, 5.41) is 11.0. The third-order valence-corrected chi connectivity index (χ3v) is 9.31. The molecule has 3 aliphatic rings. The number of ether oxygens (including phenoxy) is 1. The first-order chi connectivity index (χ1) is 21.0. The van der Waals surface area contributed by atoms with Crippen molar-refractivity contribution < 1.29 is 33.5 Å². The molecule has 1 heterocycles. The first-order valence-corrected chi connectivity index (χ1v) is 16.7. The minimum absolute atomic E-state index is 0.0703. The van der Waals surface area contributed by atoms with Crippen LogP contribution in [0.2, 0.25) is 0 Å². The molecule has 260 valence electrons. The van der Waals surface area contributed by atoms with Gasteiger partial charge in [-0.05, 0) is 75.5 Å². The average Bonchev–Trinajstić information content (AvgIpc) is 3.74. The molecule has 3 fully saturated rings. The first-order valence-electron chi connectivity index (χ1n) is 16.7. The Kier molecular flexibility index (Phi) is 10.9. The molecule has 2 aliphatic carbocycles. The van der Waals surface area contributed by atoms with Gasteiger partial charge in [0.25, 0.3) is 5.91 Å². The normalized spacial score (nSPS) is 24.0. The van der Waals surface area contributed by atoms with Crippen LogP contribution in [0.3, 0.4) is 0 Å². The molecule has 0 aromatic carbocycles. The SMILES string of the molecule is CC(C)NC(=O)C(=O)C(CC1CC1)NC(=O)[C@@H]1[C@@H]2[C@H](CN1C(=O)[C@@H](NC(=O)N[C@H](C(=O)OC(C)(C)C)C(C)C)C(C)(C)C)C2(C)C. The highest BCUT2D eigenvalue weighted by molar-refractivity contribution is 6.38. The number of ketones is 1. The van der Waals surface area contributed by atoms with Gasteiger partial charge in [-0.15, -0.1) is 0 Å². The number of hydrogen-bond acceptors (Lipinski definition) is 7. The number of urea groups is 1. The van der Waals surface area contributed by atoms with Crippen LogP contribution >= 0.6 is 0 Å². The number of Topliss-reactive ketones (excluding diaryl/α,β-unsaturated/α-hetero) is 1. The Morgan fingerprint density at radius 1 is 0.870 bits per heavy atom. The van der Waals surface area contributed by atoms with Gasteiger partial charge in [0, 0.05) is 12.6 Å². The summed E-state index contributed by atoms with van der Waals surface area (Å²) in [7, 11) is 0.